The molecule has 2 aromatic carbocycles. The van der Waals surface area contributed by atoms with Crippen LogP contribution >= 0.6 is 23.4 Å². The normalized spacial score (nSPS) is 12.6. The van der Waals surface area contributed by atoms with Gasteiger partial charge in [-0.1, -0.05) is 41.6 Å². The molecule has 0 spiro atoms. The van der Waals surface area contributed by atoms with Crippen molar-refractivity contribution >= 4 is 45.4 Å². The number of hydrogen-bond acceptors (Lipinski definition) is 7. The fourth-order valence-corrected chi connectivity index (χ4v) is 4.02. The first-order valence-electron chi connectivity index (χ1n) is 8.57. The van der Waals surface area contributed by atoms with Gasteiger partial charge in [0.25, 0.3) is 0 Å². The number of aromatic nitrogens is 4. The molecule has 0 aliphatic heterocycles. The zero-order chi connectivity index (χ0) is 19.1. The van der Waals surface area contributed by atoms with Crippen molar-refractivity contribution in [3.8, 4) is 11.5 Å². The molecule has 5 aromatic rings. The van der Waals surface area contributed by atoms with Crippen molar-refractivity contribution in [2.24, 2.45) is 0 Å². The van der Waals surface area contributed by atoms with E-state index in [-0.39, 0.29) is 5.25 Å². The van der Waals surface area contributed by atoms with E-state index in [1.54, 1.807) is 18.5 Å². The van der Waals surface area contributed by atoms with E-state index >= 15 is 0 Å². The van der Waals surface area contributed by atoms with Crippen LogP contribution in [0.5, 0.6) is 0 Å². The minimum absolute atomic E-state index is 0.119. The van der Waals surface area contributed by atoms with Gasteiger partial charge in [-0.3, -0.25) is 0 Å². The molecule has 3 heterocycles. The smallest absolute Gasteiger partial charge is 0.247 e. The van der Waals surface area contributed by atoms with Crippen molar-refractivity contribution in [3.63, 3.8) is 0 Å². The number of rotatable bonds is 4. The van der Waals surface area contributed by atoms with Crippen molar-refractivity contribution < 1.29 is 8.83 Å². The lowest BCUT2D eigenvalue weighted by atomic mass is 10.2. The van der Waals surface area contributed by atoms with Crippen LogP contribution in [0.2, 0.25) is 5.02 Å². The largest absolute Gasteiger partial charge is 0.451 e. The number of para-hydroxylation sites is 1. The lowest BCUT2D eigenvalue weighted by Crippen LogP contribution is -1.91. The van der Waals surface area contributed by atoms with Gasteiger partial charge in [-0.05, 0) is 37.3 Å². The number of benzene rings is 2. The summed E-state index contributed by atoms with van der Waals surface area (Å²) in [6.07, 6.45) is 1.55. The molecule has 0 bridgehead atoms. The van der Waals surface area contributed by atoms with Crippen LogP contribution in [0.3, 0.4) is 0 Å². The summed E-state index contributed by atoms with van der Waals surface area (Å²) in [6, 6.07) is 15.1. The Balaban J connectivity index is 1.47. The first-order valence-corrected chi connectivity index (χ1v) is 9.83. The monoisotopic (exact) mass is 408 g/mol. The standard InChI is InChI=1S/C20H13ClN4O2S/c1-11(18-24-25-19(27-18)12-5-4-6-13(21)9-12)28-20-17-16(22-10-23-20)14-7-2-3-8-15(14)26-17/h2-11H,1H3/t11-/m1/s1. The van der Waals surface area contributed by atoms with E-state index in [0.29, 0.717) is 22.4 Å². The van der Waals surface area contributed by atoms with Gasteiger partial charge in [0.1, 0.15) is 22.5 Å². The third-order valence-electron chi connectivity index (χ3n) is 4.27. The van der Waals surface area contributed by atoms with E-state index in [4.69, 9.17) is 20.4 Å². The van der Waals surface area contributed by atoms with Crippen LogP contribution in [0, 0.1) is 0 Å². The maximum atomic E-state index is 6.04. The summed E-state index contributed by atoms with van der Waals surface area (Å²) in [5, 5.41) is 10.5. The molecule has 0 N–H and O–H groups in total. The van der Waals surface area contributed by atoms with Crippen LogP contribution in [0.1, 0.15) is 18.1 Å². The minimum Gasteiger partial charge on any atom is -0.451 e. The molecular formula is C20H13ClN4O2S. The van der Waals surface area contributed by atoms with E-state index in [0.717, 1.165) is 27.1 Å². The van der Waals surface area contributed by atoms with Crippen molar-refractivity contribution in [1.29, 1.82) is 0 Å². The molecule has 0 aliphatic carbocycles. The fraction of sp³-hybridized carbons (Fsp3) is 0.100. The molecule has 1 atom stereocenters. The van der Waals surface area contributed by atoms with E-state index in [1.165, 1.54) is 11.8 Å². The molecule has 8 heteroatoms. The molecular weight excluding hydrogens is 396 g/mol. The molecule has 3 aromatic heterocycles. The highest BCUT2D eigenvalue weighted by molar-refractivity contribution is 7.99. The first-order chi connectivity index (χ1) is 13.7. The first kappa shape index (κ1) is 17.2. The van der Waals surface area contributed by atoms with Crippen molar-refractivity contribution in [2.75, 3.05) is 0 Å². The van der Waals surface area contributed by atoms with E-state index in [1.807, 2.05) is 43.3 Å². The Bertz CT molecular complexity index is 1300. The van der Waals surface area contributed by atoms with Gasteiger partial charge >= 0.3 is 0 Å². The number of hydrogen-bond donors (Lipinski definition) is 0. The molecule has 28 heavy (non-hydrogen) atoms. The summed E-state index contributed by atoms with van der Waals surface area (Å²) in [7, 11) is 0. The van der Waals surface area contributed by atoms with Crippen molar-refractivity contribution in [3.05, 3.63) is 65.8 Å². The molecule has 5 rings (SSSR count). The number of thioether (sulfide) groups is 1. The Morgan fingerprint density at radius 1 is 1.00 bits per heavy atom. The maximum Gasteiger partial charge on any atom is 0.247 e. The van der Waals surface area contributed by atoms with Gasteiger partial charge in [-0.15, -0.1) is 10.2 Å². The summed E-state index contributed by atoms with van der Waals surface area (Å²) in [4.78, 5) is 8.77. The maximum absolute atomic E-state index is 6.04. The topological polar surface area (TPSA) is 77.8 Å². The predicted octanol–water partition coefficient (Wildman–Crippen LogP) is 5.93. The molecule has 0 fully saturated rings. The summed E-state index contributed by atoms with van der Waals surface area (Å²) >= 11 is 7.53. The lowest BCUT2D eigenvalue weighted by molar-refractivity contribution is 0.509. The number of fused-ring (bicyclic) bond motifs is 3. The molecule has 0 saturated heterocycles. The second-order valence-electron chi connectivity index (χ2n) is 6.17. The average molecular weight is 409 g/mol. The van der Waals surface area contributed by atoms with Crippen LogP contribution < -0.4 is 0 Å². The van der Waals surface area contributed by atoms with E-state index < -0.39 is 0 Å². The number of furan rings is 1. The Kier molecular flexibility index (Phi) is 4.26. The molecule has 0 saturated carbocycles. The molecule has 0 unspecified atom stereocenters. The third kappa shape index (κ3) is 3.02. The Morgan fingerprint density at radius 2 is 1.89 bits per heavy atom. The summed E-state index contributed by atoms with van der Waals surface area (Å²) in [5.41, 5.74) is 3.03. The van der Waals surface area contributed by atoms with E-state index in [9.17, 15) is 0 Å². The fourth-order valence-electron chi connectivity index (χ4n) is 2.94. The summed E-state index contributed by atoms with van der Waals surface area (Å²) in [5.74, 6) is 0.935. The molecule has 0 amide bonds. The molecule has 0 aliphatic rings. The molecule has 138 valence electrons. The number of nitrogens with zero attached hydrogens (tertiary/aromatic N) is 4. The van der Waals surface area contributed by atoms with Gasteiger partial charge in [0.2, 0.25) is 11.8 Å². The average Bonchev–Trinajstić information content (AvgIpc) is 3.34. The molecule has 0 radical (unpaired) electrons. The zero-order valence-corrected chi connectivity index (χ0v) is 16.2. The quantitative estimate of drug-likeness (QED) is 0.269. The van der Waals surface area contributed by atoms with Gasteiger partial charge in [0, 0.05) is 16.0 Å². The van der Waals surface area contributed by atoms with Gasteiger partial charge in [0.05, 0.1) is 5.25 Å². The van der Waals surface area contributed by atoms with Crippen LogP contribution in [0.4, 0.5) is 0 Å². The Morgan fingerprint density at radius 3 is 2.79 bits per heavy atom. The van der Waals surface area contributed by atoms with Gasteiger partial charge in [0.15, 0.2) is 5.58 Å². The van der Waals surface area contributed by atoms with E-state index in [2.05, 4.69) is 20.2 Å². The minimum atomic E-state index is -0.119. The summed E-state index contributed by atoms with van der Waals surface area (Å²) < 4.78 is 11.8. The second kappa shape index (κ2) is 6.92. The van der Waals surface area contributed by atoms with Crippen molar-refractivity contribution in [1.82, 2.24) is 20.2 Å². The van der Waals surface area contributed by atoms with Crippen LogP contribution in [0.25, 0.3) is 33.5 Å². The van der Waals surface area contributed by atoms with Gasteiger partial charge in [-0.2, -0.15) is 0 Å². The SMILES string of the molecule is C[C@@H](Sc1ncnc2c1oc1ccccc12)c1nnc(-c2cccc(Cl)c2)o1. The zero-order valence-electron chi connectivity index (χ0n) is 14.7. The highest BCUT2D eigenvalue weighted by atomic mass is 35.5. The van der Waals surface area contributed by atoms with Crippen LogP contribution in [0.15, 0.2) is 68.7 Å². The predicted molar refractivity (Wildman–Crippen MR) is 108 cm³/mol. The lowest BCUT2D eigenvalue weighted by Gasteiger charge is -2.05. The van der Waals surface area contributed by atoms with Gasteiger partial charge < -0.3 is 8.83 Å². The van der Waals surface area contributed by atoms with Crippen LogP contribution in [-0.2, 0) is 0 Å². The Labute approximate surface area is 169 Å². The third-order valence-corrected chi connectivity index (χ3v) is 5.58. The summed E-state index contributed by atoms with van der Waals surface area (Å²) in [6.45, 7) is 1.98. The number of halogens is 1. The Hall–Kier alpha value is -2.90. The highest BCUT2D eigenvalue weighted by Crippen LogP contribution is 2.39. The highest BCUT2D eigenvalue weighted by Gasteiger charge is 2.20. The van der Waals surface area contributed by atoms with Crippen LogP contribution in [-0.4, -0.2) is 20.2 Å². The molecule has 6 nitrogen and oxygen atoms in total. The van der Waals surface area contributed by atoms with Crippen molar-refractivity contribution in [2.45, 2.75) is 17.2 Å². The van der Waals surface area contributed by atoms with Gasteiger partial charge in [-0.25, -0.2) is 9.97 Å². The second-order valence-corrected chi connectivity index (χ2v) is 7.94.